The van der Waals surface area contributed by atoms with Crippen LogP contribution in [0, 0.1) is 0 Å². The lowest BCUT2D eigenvalue weighted by Gasteiger charge is -2.23. The predicted octanol–water partition coefficient (Wildman–Crippen LogP) is 1.88. The van der Waals surface area contributed by atoms with Crippen LogP contribution in [0.15, 0.2) is 30.3 Å². The van der Waals surface area contributed by atoms with Crippen LogP contribution < -0.4 is 10.6 Å². The molecule has 1 heterocycles. The van der Waals surface area contributed by atoms with Gasteiger partial charge >= 0.3 is 6.03 Å². The Balaban J connectivity index is 2.07. The molecule has 6 nitrogen and oxygen atoms in total. The number of carbonyl (C=O) groups is 3. The molecule has 1 aliphatic rings. The highest BCUT2D eigenvalue weighted by Gasteiger charge is 2.39. The minimum Gasteiger partial charge on any atom is -0.343 e. The van der Waals surface area contributed by atoms with Gasteiger partial charge in [0.1, 0.15) is 6.04 Å². The summed E-state index contributed by atoms with van der Waals surface area (Å²) in [6.07, 6.45) is 0.458. The first-order valence-corrected chi connectivity index (χ1v) is 8.26. The fourth-order valence-electron chi connectivity index (χ4n) is 2.62. The van der Waals surface area contributed by atoms with E-state index in [4.69, 9.17) is 0 Å². The molecule has 0 bridgehead atoms. The number of benzene rings is 1. The number of hydrogen-bond acceptors (Lipinski definition) is 4. The van der Waals surface area contributed by atoms with E-state index in [1.165, 1.54) is 0 Å². The summed E-state index contributed by atoms with van der Waals surface area (Å²) in [7, 11) is 0. The first-order chi connectivity index (χ1) is 10.8. The van der Waals surface area contributed by atoms with E-state index >= 15 is 0 Å². The molecule has 0 radical (unpaired) electrons. The van der Waals surface area contributed by atoms with E-state index in [1.54, 1.807) is 40.9 Å². The van der Waals surface area contributed by atoms with Crippen molar-refractivity contribution >= 4 is 30.1 Å². The van der Waals surface area contributed by atoms with Crippen molar-refractivity contribution in [2.45, 2.75) is 36.9 Å². The fraction of sp³-hybridized carbons (Fsp3) is 0.438. The third-order valence-corrected chi connectivity index (χ3v) is 4.96. The summed E-state index contributed by atoms with van der Waals surface area (Å²) in [5.74, 6) is -0.546. The predicted molar refractivity (Wildman–Crippen MR) is 89.8 cm³/mol. The molecular formula is C16H21N3O3S. The standard InChI is InChI=1S/C16H21N3O3S/c1-11-19(9-16(2,3)23-11)15(22)18-14(21)13(17-10-20)12-7-5-4-6-8-12/h4-8,10-11,13H,9H2,1-3H3,(H,17,20)(H,18,21,22). The van der Waals surface area contributed by atoms with E-state index in [2.05, 4.69) is 24.5 Å². The minimum absolute atomic E-state index is 0.00740. The lowest BCUT2D eigenvalue weighted by molar-refractivity contribution is -0.124. The van der Waals surface area contributed by atoms with E-state index in [9.17, 15) is 14.4 Å². The molecule has 7 heteroatoms. The number of rotatable bonds is 4. The first kappa shape index (κ1) is 17.3. The average Bonchev–Trinajstić information content (AvgIpc) is 2.78. The molecule has 1 aliphatic heterocycles. The SMILES string of the molecule is CC1SC(C)(C)CN1C(=O)NC(=O)C(NC=O)c1ccccc1. The molecule has 1 saturated heterocycles. The molecule has 2 N–H and O–H groups in total. The van der Waals surface area contributed by atoms with Crippen LogP contribution in [-0.4, -0.2) is 39.9 Å². The van der Waals surface area contributed by atoms with Gasteiger partial charge in [-0.2, -0.15) is 0 Å². The van der Waals surface area contributed by atoms with E-state index in [0.717, 1.165) is 0 Å². The third kappa shape index (κ3) is 4.25. The van der Waals surface area contributed by atoms with Crippen molar-refractivity contribution < 1.29 is 14.4 Å². The number of thioether (sulfide) groups is 1. The van der Waals surface area contributed by atoms with Crippen LogP contribution >= 0.6 is 11.8 Å². The van der Waals surface area contributed by atoms with Gasteiger partial charge < -0.3 is 10.2 Å². The van der Waals surface area contributed by atoms with Crippen molar-refractivity contribution in [3.63, 3.8) is 0 Å². The Morgan fingerprint density at radius 2 is 2.00 bits per heavy atom. The maximum atomic E-state index is 12.4. The maximum absolute atomic E-state index is 12.4. The zero-order valence-corrected chi connectivity index (χ0v) is 14.2. The second-order valence-corrected chi connectivity index (χ2v) is 8.05. The molecule has 0 aliphatic carbocycles. The molecular weight excluding hydrogens is 314 g/mol. The highest BCUT2D eigenvalue weighted by molar-refractivity contribution is 8.01. The normalized spacial score (nSPS) is 20.7. The van der Waals surface area contributed by atoms with Crippen molar-refractivity contribution in [3.05, 3.63) is 35.9 Å². The number of imide groups is 1. The fourth-order valence-corrected chi connectivity index (χ4v) is 4.06. The summed E-state index contributed by atoms with van der Waals surface area (Å²) in [5.41, 5.74) is 0.620. The monoisotopic (exact) mass is 335 g/mol. The van der Waals surface area contributed by atoms with E-state index in [0.29, 0.717) is 18.5 Å². The van der Waals surface area contributed by atoms with Crippen LogP contribution in [0.2, 0.25) is 0 Å². The van der Waals surface area contributed by atoms with Crippen LogP contribution in [0.4, 0.5) is 4.79 Å². The Bertz CT molecular complexity index is 591. The molecule has 2 rings (SSSR count). The van der Waals surface area contributed by atoms with Crippen LogP contribution in [0.1, 0.15) is 32.4 Å². The zero-order chi connectivity index (χ0) is 17.0. The molecule has 1 aromatic carbocycles. The maximum Gasteiger partial charge on any atom is 0.325 e. The molecule has 23 heavy (non-hydrogen) atoms. The number of carbonyl (C=O) groups excluding carboxylic acids is 3. The van der Waals surface area contributed by atoms with Gasteiger partial charge in [0, 0.05) is 11.3 Å². The zero-order valence-electron chi connectivity index (χ0n) is 13.4. The highest BCUT2D eigenvalue weighted by atomic mass is 32.2. The lowest BCUT2D eigenvalue weighted by Crippen LogP contribution is -2.48. The minimum atomic E-state index is -0.892. The third-order valence-electron chi connectivity index (χ3n) is 3.60. The number of nitrogens with zero attached hydrogens (tertiary/aromatic N) is 1. The number of hydrogen-bond donors (Lipinski definition) is 2. The molecule has 1 aromatic rings. The Kier molecular flexibility index (Phi) is 5.30. The van der Waals surface area contributed by atoms with Crippen molar-refractivity contribution in [2.75, 3.05) is 6.54 Å². The number of urea groups is 1. The van der Waals surface area contributed by atoms with E-state index in [1.807, 2.05) is 13.0 Å². The molecule has 4 amide bonds. The topological polar surface area (TPSA) is 78.5 Å². The van der Waals surface area contributed by atoms with Crippen LogP contribution in [0.5, 0.6) is 0 Å². The largest absolute Gasteiger partial charge is 0.343 e. The van der Waals surface area contributed by atoms with Crippen molar-refractivity contribution in [3.8, 4) is 0 Å². The van der Waals surface area contributed by atoms with E-state index < -0.39 is 18.0 Å². The summed E-state index contributed by atoms with van der Waals surface area (Å²) in [6, 6.07) is 7.48. The van der Waals surface area contributed by atoms with Gasteiger partial charge in [-0.05, 0) is 26.3 Å². The summed E-state index contributed by atoms with van der Waals surface area (Å²) in [5, 5.41) is 4.83. The molecule has 2 atom stereocenters. The van der Waals surface area contributed by atoms with Gasteiger partial charge in [-0.15, -0.1) is 11.8 Å². The van der Waals surface area contributed by atoms with Gasteiger partial charge in [-0.25, -0.2) is 4.79 Å². The van der Waals surface area contributed by atoms with Gasteiger partial charge in [0.15, 0.2) is 0 Å². The molecule has 0 saturated carbocycles. The van der Waals surface area contributed by atoms with Gasteiger partial charge in [-0.3, -0.25) is 14.9 Å². The smallest absolute Gasteiger partial charge is 0.325 e. The molecule has 2 unspecified atom stereocenters. The van der Waals surface area contributed by atoms with Crippen molar-refractivity contribution in [1.82, 2.24) is 15.5 Å². The summed E-state index contributed by atoms with van der Waals surface area (Å²) < 4.78 is -0.0420. The second kappa shape index (κ2) is 7.04. The Hall–Kier alpha value is -2.02. The van der Waals surface area contributed by atoms with Gasteiger partial charge in [0.05, 0.1) is 5.37 Å². The number of amides is 4. The number of nitrogens with one attached hydrogen (secondary N) is 2. The van der Waals surface area contributed by atoms with Gasteiger partial charge in [-0.1, -0.05) is 30.3 Å². The first-order valence-electron chi connectivity index (χ1n) is 7.38. The molecule has 0 aromatic heterocycles. The van der Waals surface area contributed by atoms with Crippen LogP contribution in [-0.2, 0) is 9.59 Å². The molecule has 0 spiro atoms. The van der Waals surface area contributed by atoms with Crippen LogP contribution in [0.25, 0.3) is 0 Å². The highest BCUT2D eigenvalue weighted by Crippen LogP contribution is 2.38. The van der Waals surface area contributed by atoms with Gasteiger partial charge in [0.25, 0.3) is 5.91 Å². The summed E-state index contributed by atoms with van der Waals surface area (Å²) in [4.78, 5) is 37.2. The average molecular weight is 335 g/mol. The lowest BCUT2D eigenvalue weighted by atomic mass is 10.1. The Morgan fingerprint density at radius 1 is 1.35 bits per heavy atom. The van der Waals surface area contributed by atoms with Crippen LogP contribution in [0.3, 0.4) is 0 Å². The second-order valence-electron chi connectivity index (χ2n) is 6.03. The molecule has 124 valence electrons. The van der Waals surface area contributed by atoms with Crippen molar-refractivity contribution in [2.24, 2.45) is 0 Å². The molecule has 1 fully saturated rings. The van der Waals surface area contributed by atoms with Gasteiger partial charge in [0.2, 0.25) is 6.41 Å². The Morgan fingerprint density at radius 3 is 2.52 bits per heavy atom. The quantitative estimate of drug-likeness (QED) is 0.824. The summed E-state index contributed by atoms with van der Waals surface area (Å²) >= 11 is 1.68. The van der Waals surface area contributed by atoms with Crippen molar-refractivity contribution in [1.29, 1.82) is 0 Å². The Labute approximate surface area is 140 Å². The van der Waals surface area contributed by atoms with E-state index in [-0.39, 0.29) is 10.1 Å². The summed E-state index contributed by atoms with van der Waals surface area (Å²) in [6.45, 7) is 6.62.